The van der Waals surface area contributed by atoms with Gasteiger partial charge in [0.05, 0.1) is 11.4 Å². The van der Waals surface area contributed by atoms with Crippen molar-refractivity contribution in [1.29, 1.82) is 0 Å². The molecule has 3 N–H and O–H groups in total. The number of anilines is 1. The van der Waals surface area contributed by atoms with Crippen molar-refractivity contribution >= 4 is 43.9 Å². The van der Waals surface area contributed by atoms with E-state index in [-0.39, 0.29) is 17.0 Å². The van der Waals surface area contributed by atoms with Gasteiger partial charge in [0.1, 0.15) is 10.6 Å². The van der Waals surface area contributed by atoms with E-state index in [2.05, 4.69) is 15.5 Å². The summed E-state index contributed by atoms with van der Waals surface area (Å²) in [6, 6.07) is 12.9. The molecule has 0 spiro atoms. The van der Waals surface area contributed by atoms with Gasteiger partial charge in [-0.15, -0.1) is 5.11 Å². The molecular weight excluding hydrogens is 382 g/mol. The minimum absolute atomic E-state index is 0.184. The Morgan fingerprint density at radius 1 is 1.07 bits per heavy atom. The number of hydrogen-bond acceptors (Lipinski definition) is 6. The van der Waals surface area contributed by atoms with Crippen LogP contribution in [0.4, 0.5) is 17.1 Å². The van der Waals surface area contributed by atoms with Crippen molar-refractivity contribution in [2.24, 2.45) is 10.2 Å². The molecule has 8 nitrogen and oxygen atoms in total. The zero-order valence-corrected chi connectivity index (χ0v) is 15.9. The highest BCUT2D eigenvalue weighted by atomic mass is 32.2. The lowest BCUT2D eigenvalue weighted by Gasteiger charge is -2.12. The number of azo groups is 1. The summed E-state index contributed by atoms with van der Waals surface area (Å²) in [4.78, 5) is 10.9. The van der Waals surface area contributed by atoms with Crippen molar-refractivity contribution in [3.8, 4) is 5.75 Å². The second-order valence-corrected chi connectivity index (χ2v) is 7.51. The van der Waals surface area contributed by atoms with Gasteiger partial charge in [0.25, 0.3) is 10.1 Å². The fraction of sp³-hybridized carbons (Fsp3) is 0.105. The van der Waals surface area contributed by atoms with E-state index in [9.17, 15) is 22.9 Å². The Labute approximate surface area is 161 Å². The first kappa shape index (κ1) is 19.5. The summed E-state index contributed by atoms with van der Waals surface area (Å²) in [6.07, 6.45) is 0. The highest BCUT2D eigenvalue weighted by Crippen LogP contribution is 2.44. The number of fused-ring (bicyclic) bond motifs is 1. The van der Waals surface area contributed by atoms with E-state index in [4.69, 9.17) is 0 Å². The summed E-state index contributed by atoms with van der Waals surface area (Å²) in [6.45, 7) is 3.11. The molecule has 0 aromatic heterocycles. The zero-order chi connectivity index (χ0) is 20.5. The van der Waals surface area contributed by atoms with Gasteiger partial charge in [0.15, 0.2) is 5.75 Å². The third-order valence-corrected chi connectivity index (χ3v) is 4.91. The van der Waals surface area contributed by atoms with E-state index in [1.807, 2.05) is 6.07 Å². The molecule has 0 saturated heterocycles. The summed E-state index contributed by atoms with van der Waals surface area (Å²) >= 11 is 0. The average Bonchev–Trinajstić information content (AvgIpc) is 2.60. The summed E-state index contributed by atoms with van der Waals surface area (Å²) in [5.41, 5.74) is 1.12. The minimum Gasteiger partial charge on any atom is -0.505 e. The molecule has 0 aliphatic heterocycles. The number of aryl methyl sites for hydroxylation is 1. The number of phenols is 1. The molecule has 0 atom stereocenters. The van der Waals surface area contributed by atoms with Crippen molar-refractivity contribution in [2.75, 3.05) is 5.32 Å². The van der Waals surface area contributed by atoms with Crippen LogP contribution < -0.4 is 5.32 Å². The van der Waals surface area contributed by atoms with Crippen LogP contribution in [0.25, 0.3) is 10.8 Å². The Balaban J connectivity index is 2.31. The number of carbonyl (C=O) groups excluding carboxylic acids is 1. The lowest BCUT2D eigenvalue weighted by atomic mass is 10.1. The van der Waals surface area contributed by atoms with Crippen molar-refractivity contribution in [3.05, 3.63) is 54.1 Å². The third kappa shape index (κ3) is 3.85. The summed E-state index contributed by atoms with van der Waals surface area (Å²) in [5, 5.41) is 21.7. The molecule has 144 valence electrons. The lowest BCUT2D eigenvalue weighted by molar-refractivity contribution is -0.114. The number of benzene rings is 3. The van der Waals surface area contributed by atoms with E-state index < -0.39 is 26.5 Å². The summed E-state index contributed by atoms with van der Waals surface area (Å²) < 4.78 is 33.3. The Morgan fingerprint density at radius 3 is 2.43 bits per heavy atom. The molecule has 3 aromatic rings. The van der Waals surface area contributed by atoms with Gasteiger partial charge in [-0.1, -0.05) is 30.3 Å². The van der Waals surface area contributed by atoms with Crippen molar-refractivity contribution < 1.29 is 22.9 Å². The molecule has 1 amide bonds. The van der Waals surface area contributed by atoms with Gasteiger partial charge in [0.2, 0.25) is 5.91 Å². The van der Waals surface area contributed by atoms with Crippen molar-refractivity contribution in [1.82, 2.24) is 0 Å². The Bertz CT molecular complexity index is 1220. The van der Waals surface area contributed by atoms with E-state index in [0.29, 0.717) is 11.1 Å². The first-order valence-electron chi connectivity index (χ1n) is 8.19. The number of phenolic OH excluding ortho intramolecular Hbond substituents is 1. The van der Waals surface area contributed by atoms with E-state index in [1.54, 1.807) is 37.3 Å². The summed E-state index contributed by atoms with van der Waals surface area (Å²) in [7, 11) is -4.70. The van der Waals surface area contributed by atoms with Gasteiger partial charge in [-0.3, -0.25) is 9.35 Å². The first-order valence-corrected chi connectivity index (χ1v) is 9.63. The molecule has 3 aromatic carbocycles. The van der Waals surface area contributed by atoms with E-state index in [1.165, 1.54) is 19.1 Å². The van der Waals surface area contributed by atoms with E-state index in [0.717, 1.165) is 5.56 Å². The average molecular weight is 399 g/mol. The highest BCUT2D eigenvalue weighted by molar-refractivity contribution is 7.86. The van der Waals surface area contributed by atoms with Gasteiger partial charge < -0.3 is 10.4 Å². The van der Waals surface area contributed by atoms with Crippen LogP contribution in [0.3, 0.4) is 0 Å². The Kier molecular flexibility index (Phi) is 5.12. The topological polar surface area (TPSA) is 128 Å². The number of carbonyl (C=O) groups is 1. The molecule has 0 radical (unpaired) electrons. The lowest BCUT2D eigenvalue weighted by Crippen LogP contribution is -2.06. The molecule has 0 saturated carbocycles. The second-order valence-electron chi connectivity index (χ2n) is 6.12. The van der Waals surface area contributed by atoms with E-state index >= 15 is 0 Å². The number of nitrogens with zero attached hydrogens (tertiary/aromatic N) is 2. The van der Waals surface area contributed by atoms with Crippen LogP contribution in [0.5, 0.6) is 5.75 Å². The predicted molar refractivity (Wildman–Crippen MR) is 105 cm³/mol. The van der Waals surface area contributed by atoms with Crippen LogP contribution in [0.15, 0.2) is 63.7 Å². The van der Waals surface area contributed by atoms with Gasteiger partial charge in [0, 0.05) is 12.3 Å². The molecule has 28 heavy (non-hydrogen) atoms. The second kappa shape index (κ2) is 7.37. The zero-order valence-electron chi connectivity index (χ0n) is 15.0. The fourth-order valence-electron chi connectivity index (χ4n) is 2.77. The van der Waals surface area contributed by atoms with Gasteiger partial charge in [-0.25, -0.2) is 0 Å². The largest absolute Gasteiger partial charge is 0.505 e. The monoisotopic (exact) mass is 399 g/mol. The van der Waals surface area contributed by atoms with Gasteiger partial charge >= 0.3 is 0 Å². The first-order chi connectivity index (χ1) is 13.2. The number of aromatic hydroxyl groups is 1. The molecule has 9 heteroatoms. The molecule has 0 heterocycles. The number of rotatable bonds is 4. The molecule has 0 aliphatic rings. The predicted octanol–water partition coefficient (Wildman–Crippen LogP) is 4.47. The minimum atomic E-state index is -4.70. The maximum Gasteiger partial charge on any atom is 0.296 e. The van der Waals surface area contributed by atoms with Crippen molar-refractivity contribution in [3.63, 3.8) is 0 Å². The molecule has 0 bridgehead atoms. The van der Waals surface area contributed by atoms with Crippen LogP contribution in [-0.4, -0.2) is 24.0 Å². The standard InChI is InChI=1S/C19H17N3O5S/c1-11-6-3-4-8-14(11)21-22-18-16(28(25,26)27)10-13-7-5-9-15(20-12(2)23)17(13)19(18)24/h3-10,24H,1-2H3,(H,20,23)(H,25,26,27). The van der Waals surface area contributed by atoms with Gasteiger partial charge in [-0.2, -0.15) is 13.5 Å². The Morgan fingerprint density at radius 2 is 1.79 bits per heavy atom. The molecule has 0 fully saturated rings. The maximum absolute atomic E-state index is 11.9. The number of amides is 1. The molecule has 0 unspecified atom stereocenters. The third-order valence-electron chi connectivity index (χ3n) is 4.04. The molecule has 0 aliphatic carbocycles. The van der Waals surface area contributed by atoms with Gasteiger partial charge in [-0.05, 0) is 36.1 Å². The normalized spacial score (nSPS) is 11.8. The summed E-state index contributed by atoms with van der Waals surface area (Å²) in [5.74, 6) is -0.888. The Hall–Kier alpha value is -3.30. The number of nitrogens with one attached hydrogen (secondary N) is 1. The quantitative estimate of drug-likeness (QED) is 0.440. The van der Waals surface area contributed by atoms with Crippen molar-refractivity contribution in [2.45, 2.75) is 18.7 Å². The van der Waals surface area contributed by atoms with Crippen LogP contribution in [0.1, 0.15) is 12.5 Å². The fourth-order valence-corrected chi connectivity index (χ4v) is 3.42. The molecular formula is C19H17N3O5S. The smallest absolute Gasteiger partial charge is 0.296 e. The highest BCUT2D eigenvalue weighted by Gasteiger charge is 2.23. The van der Waals surface area contributed by atoms with Crippen LogP contribution in [0.2, 0.25) is 0 Å². The van der Waals surface area contributed by atoms with Crippen LogP contribution in [0, 0.1) is 6.92 Å². The van der Waals surface area contributed by atoms with Crippen LogP contribution in [-0.2, 0) is 14.9 Å². The maximum atomic E-state index is 11.9. The SMILES string of the molecule is CC(=O)Nc1cccc2cc(S(=O)(=O)O)c(N=Nc3ccccc3C)c(O)c12. The molecule has 3 rings (SSSR count). The van der Waals surface area contributed by atoms with Crippen LogP contribution >= 0.6 is 0 Å². The number of hydrogen-bond donors (Lipinski definition) is 3.